The summed E-state index contributed by atoms with van der Waals surface area (Å²) < 4.78 is 11.1. The largest absolute Gasteiger partial charge is 0.497 e. The van der Waals surface area contributed by atoms with Crippen molar-refractivity contribution in [3.05, 3.63) is 23.9 Å². The first-order valence-electron chi connectivity index (χ1n) is 16.0. The molecule has 2 N–H and O–H groups in total. The van der Waals surface area contributed by atoms with E-state index in [4.69, 9.17) is 9.47 Å². The number of aromatic hydroxyl groups is 1. The van der Waals surface area contributed by atoms with Gasteiger partial charge in [-0.25, -0.2) is 14.8 Å². The molecule has 0 bridgehead atoms. The highest BCUT2D eigenvalue weighted by Gasteiger charge is 2.54. The van der Waals surface area contributed by atoms with Crippen molar-refractivity contribution in [3.63, 3.8) is 0 Å². The Labute approximate surface area is 253 Å². The number of unbranched alkanes of at least 4 members (excludes halogenated alkanes) is 2. The van der Waals surface area contributed by atoms with Gasteiger partial charge in [-0.1, -0.05) is 40.0 Å². The molecule has 1 aromatic heterocycles. The van der Waals surface area contributed by atoms with Crippen LogP contribution in [0, 0.1) is 29.6 Å². The first kappa shape index (κ1) is 31.0. The average Bonchev–Trinajstić information content (AvgIpc) is 3.48. The van der Waals surface area contributed by atoms with Crippen LogP contribution in [-0.2, 0) is 20.7 Å². The number of nitrogens with zero attached hydrogens (tertiary/aromatic N) is 3. The van der Waals surface area contributed by atoms with Gasteiger partial charge in [-0.3, -0.25) is 9.59 Å². The van der Waals surface area contributed by atoms with Gasteiger partial charge in [0, 0.05) is 18.5 Å². The van der Waals surface area contributed by atoms with Crippen molar-refractivity contribution in [1.82, 2.24) is 20.2 Å². The normalized spacial score (nSPS) is 26.0. The van der Waals surface area contributed by atoms with Gasteiger partial charge in [-0.15, -0.1) is 0 Å². The fourth-order valence-electron chi connectivity index (χ4n) is 7.28. The third kappa shape index (κ3) is 7.04. The van der Waals surface area contributed by atoms with Crippen LogP contribution in [-0.4, -0.2) is 70.1 Å². The minimum Gasteiger partial charge on any atom is -0.497 e. The lowest BCUT2D eigenvalue weighted by Crippen LogP contribution is -2.48. The molecule has 10 heteroatoms. The summed E-state index contributed by atoms with van der Waals surface area (Å²) in [6.45, 7) is 6.19. The SMILES string of the molecule is CC[C@@H]1CCN(C(=O)CNC(=O)OC2CC3CC3[C@H]2CCCCCc2nc3ccc(OC)cc3nc2O)[C@@H]1C(=O)C(C)C. The van der Waals surface area contributed by atoms with Crippen LogP contribution in [0.15, 0.2) is 18.2 Å². The van der Waals surface area contributed by atoms with Gasteiger partial charge in [-0.2, -0.15) is 0 Å². The van der Waals surface area contributed by atoms with E-state index in [0.717, 1.165) is 50.5 Å². The molecule has 0 radical (unpaired) electrons. The van der Waals surface area contributed by atoms with Gasteiger partial charge in [0.1, 0.15) is 24.1 Å². The van der Waals surface area contributed by atoms with E-state index >= 15 is 0 Å². The number of Topliss-reactive ketones (excluding diaryl/α,β-unsaturated/α-hetero) is 1. The number of carbonyl (C=O) groups is 3. The van der Waals surface area contributed by atoms with Crippen molar-refractivity contribution in [2.45, 2.75) is 90.7 Å². The zero-order valence-corrected chi connectivity index (χ0v) is 25.9. The van der Waals surface area contributed by atoms with Crippen LogP contribution >= 0.6 is 0 Å². The van der Waals surface area contributed by atoms with Crippen molar-refractivity contribution in [3.8, 4) is 11.6 Å². The topological polar surface area (TPSA) is 131 Å². The Balaban J connectivity index is 1.05. The molecule has 3 fully saturated rings. The van der Waals surface area contributed by atoms with E-state index in [9.17, 15) is 19.5 Å². The maximum absolute atomic E-state index is 13.0. The minimum absolute atomic E-state index is 0.0349. The van der Waals surface area contributed by atoms with Crippen molar-refractivity contribution in [2.75, 3.05) is 20.2 Å². The number of alkyl carbamates (subject to hydrolysis) is 1. The number of benzene rings is 1. The number of fused-ring (bicyclic) bond motifs is 2. The van der Waals surface area contributed by atoms with Gasteiger partial charge >= 0.3 is 6.09 Å². The fourth-order valence-corrected chi connectivity index (χ4v) is 7.28. The molecule has 0 spiro atoms. The monoisotopic (exact) mass is 594 g/mol. The minimum atomic E-state index is -0.550. The number of hydrogen-bond donors (Lipinski definition) is 2. The standard InChI is InChI=1S/C33H46N4O6/c1-5-20-13-14-37(30(20)31(39)19(2)3)29(38)18-34-33(41)43-28-16-21-15-24(21)23(28)9-7-6-8-10-26-32(40)36-27-17-22(42-4)11-12-25(27)35-26/h11-12,17,19-21,23-24,28,30H,5-10,13-16,18H2,1-4H3,(H,34,41)(H,36,40)/t20-,21?,23-,24?,28?,30+/m1/s1. The molecule has 1 aromatic carbocycles. The maximum atomic E-state index is 13.0. The summed E-state index contributed by atoms with van der Waals surface area (Å²) in [4.78, 5) is 49.1. The van der Waals surface area contributed by atoms with Crippen LogP contribution in [0.5, 0.6) is 11.6 Å². The van der Waals surface area contributed by atoms with Crippen molar-refractivity contribution in [1.29, 1.82) is 0 Å². The zero-order chi connectivity index (χ0) is 30.7. The lowest BCUT2D eigenvalue weighted by molar-refractivity contribution is -0.139. The van der Waals surface area contributed by atoms with E-state index in [1.165, 1.54) is 6.42 Å². The molecule has 3 unspecified atom stereocenters. The van der Waals surface area contributed by atoms with E-state index in [1.54, 1.807) is 18.1 Å². The summed E-state index contributed by atoms with van der Waals surface area (Å²) in [5.74, 6) is 2.13. The molecule has 2 amide bonds. The number of ether oxygens (including phenoxy) is 2. The van der Waals surface area contributed by atoms with E-state index in [2.05, 4.69) is 22.2 Å². The molecule has 5 rings (SSSR count). The van der Waals surface area contributed by atoms with Gasteiger partial charge in [-0.05, 0) is 74.3 Å². The molecule has 1 saturated heterocycles. The van der Waals surface area contributed by atoms with E-state index < -0.39 is 12.1 Å². The van der Waals surface area contributed by atoms with Crippen LogP contribution in [0.3, 0.4) is 0 Å². The van der Waals surface area contributed by atoms with Gasteiger partial charge in [0.2, 0.25) is 11.8 Å². The van der Waals surface area contributed by atoms with Crippen LogP contribution < -0.4 is 10.1 Å². The van der Waals surface area contributed by atoms with Gasteiger partial charge in [0.15, 0.2) is 5.78 Å². The molecule has 1 aliphatic heterocycles. The summed E-state index contributed by atoms with van der Waals surface area (Å²) in [5, 5.41) is 13.0. The van der Waals surface area contributed by atoms with Crippen molar-refractivity contribution >= 4 is 28.8 Å². The molecular formula is C33H46N4O6. The lowest BCUT2D eigenvalue weighted by atomic mass is 9.89. The Morgan fingerprint density at radius 3 is 2.67 bits per heavy atom. The molecule has 43 heavy (non-hydrogen) atoms. The Hall–Kier alpha value is -3.43. The van der Waals surface area contributed by atoms with E-state index in [-0.39, 0.29) is 42.1 Å². The molecular weight excluding hydrogens is 548 g/mol. The maximum Gasteiger partial charge on any atom is 0.407 e. The number of aromatic nitrogens is 2. The molecule has 2 aliphatic carbocycles. The third-order valence-electron chi connectivity index (χ3n) is 9.78. The van der Waals surface area contributed by atoms with Crippen molar-refractivity contribution < 1.29 is 29.0 Å². The number of amides is 2. The lowest BCUT2D eigenvalue weighted by Gasteiger charge is -2.28. The summed E-state index contributed by atoms with van der Waals surface area (Å²) in [6.07, 6.45) is 7.58. The summed E-state index contributed by atoms with van der Waals surface area (Å²) in [7, 11) is 1.59. The Morgan fingerprint density at radius 2 is 1.93 bits per heavy atom. The van der Waals surface area contributed by atoms with Gasteiger partial charge < -0.3 is 24.8 Å². The van der Waals surface area contributed by atoms with Crippen molar-refractivity contribution in [2.24, 2.45) is 29.6 Å². The van der Waals surface area contributed by atoms with Crippen LogP contribution in [0.1, 0.15) is 77.8 Å². The number of methoxy groups -OCH3 is 1. The highest BCUT2D eigenvalue weighted by atomic mass is 16.6. The highest BCUT2D eigenvalue weighted by molar-refractivity contribution is 5.92. The van der Waals surface area contributed by atoms with Crippen LogP contribution in [0.25, 0.3) is 11.0 Å². The fraction of sp³-hybridized carbons (Fsp3) is 0.667. The molecule has 2 aromatic rings. The van der Waals surface area contributed by atoms with Crippen LogP contribution in [0.4, 0.5) is 4.79 Å². The van der Waals surface area contributed by atoms with Crippen LogP contribution in [0.2, 0.25) is 0 Å². The average molecular weight is 595 g/mol. The molecule has 10 nitrogen and oxygen atoms in total. The number of aryl methyl sites for hydroxylation is 1. The second-order valence-electron chi connectivity index (χ2n) is 12.9. The Bertz CT molecular complexity index is 1330. The summed E-state index contributed by atoms with van der Waals surface area (Å²) >= 11 is 0. The van der Waals surface area contributed by atoms with E-state index in [0.29, 0.717) is 47.7 Å². The second-order valence-corrected chi connectivity index (χ2v) is 12.9. The third-order valence-corrected chi connectivity index (χ3v) is 9.78. The highest BCUT2D eigenvalue weighted by Crippen LogP contribution is 2.57. The Morgan fingerprint density at radius 1 is 1.12 bits per heavy atom. The number of carbonyl (C=O) groups excluding carboxylic acids is 3. The first-order chi connectivity index (χ1) is 20.7. The summed E-state index contributed by atoms with van der Waals surface area (Å²) in [6, 6.07) is 5.04. The number of ketones is 1. The molecule has 3 aliphatic rings. The number of rotatable bonds is 13. The van der Waals surface area contributed by atoms with Gasteiger partial charge in [0.05, 0.1) is 24.2 Å². The van der Waals surface area contributed by atoms with Gasteiger partial charge in [0.25, 0.3) is 0 Å². The Kier molecular flexibility index (Phi) is 9.72. The predicted molar refractivity (Wildman–Crippen MR) is 162 cm³/mol. The predicted octanol–water partition coefficient (Wildman–Crippen LogP) is 5.05. The summed E-state index contributed by atoms with van der Waals surface area (Å²) in [5.41, 5.74) is 1.94. The second kappa shape index (κ2) is 13.5. The quantitative estimate of drug-likeness (QED) is 0.308. The molecule has 234 valence electrons. The number of hydrogen-bond acceptors (Lipinski definition) is 8. The molecule has 2 heterocycles. The number of nitrogens with one attached hydrogen (secondary N) is 1. The van der Waals surface area contributed by atoms with E-state index in [1.807, 2.05) is 26.0 Å². The smallest absolute Gasteiger partial charge is 0.407 e. The zero-order valence-electron chi connectivity index (χ0n) is 25.9. The molecule has 6 atom stereocenters. The first-order valence-corrected chi connectivity index (χ1v) is 16.0. The number of likely N-dealkylation sites (tertiary alicyclic amines) is 1. The molecule has 2 saturated carbocycles.